The molecule has 9 nitrogen and oxygen atoms in total. The van der Waals surface area contributed by atoms with Gasteiger partial charge in [0, 0.05) is 12.8 Å². The van der Waals surface area contributed by atoms with Crippen LogP contribution in [0.3, 0.4) is 0 Å². The fourth-order valence-corrected chi connectivity index (χ4v) is 4.47. The quantitative estimate of drug-likeness (QED) is 0.0343. The third-order valence-electron chi connectivity index (χ3n) is 6.20. The van der Waals surface area contributed by atoms with Gasteiger partial charge >= 0.3 is 19.8 Å². The maximum Gasteiger partial charge on any atom is 0.472 e. The Labute approximate surface area is 249 Å². The molecule has 2 unspecified atom stereocenters. The first-order valence-corrected chi connectivity index (χ1v) is 17.1. The van der Waals surface area contributed by atoms with E-state index in [2.05, 4.69) is 31.2 Å². The van der Waals surface area contributed by atoms with Crippen LogP contribution in [0.2, 0.25) is 0 Å². The Hall–Kier alpha value is -1.51. The second-order valence-electron chi connectivity index (χ2n) is 11.5. The normalized spacial score (nSPS) is 14.4. The lowest BCUT2D eigenvalue weighted by Crippen LogP contribution is -2.37. The standard InChI is InChI=1S/C31H58NO8P/c1-6-8-9-10-11-12-13-14-15-16-17-18-19-20-21-22-24-31(34)40-29(27-37-30(33)23-7-2)28-39-41(35,36)38-26-25-32(3,4)5/h12-13,15-16,29H,6-11,14,17-28H2,1-5H3/p+1/b13-12-,16-15-. The van der Waals surface area contributed by atoms with Gasteiger partial charge in [0.25, 0.3) is 0 Å². The summed E-state index contributed by atoms with van der Waals surface area (Å²) in [6.45, 7) is 3.96. The highest BCUT2D eigenvalue weighted by Gasteiger charge is 2.26. The highest BCUT2D eigenvalue weighted by atomic mass is 31.2. The summed E-state index contributed by atoms with van der Waals surface area (Å²) in [4.78, 5) is 34.1. The number of esters is 2. The summed E-state index contributed by atoms with van der Waals surface area (Å²) in [5.41, 5.74) is 0. The van der Waals surface area contributed by atoms with E-state index in [0.29, 0.717) is 23.9 Å². The lowest BCUT2D eigenvalue weighted by Gasteiger charge is -2.24. The van der Waals surface area contributed by atoms with Gasteiger partial charge < -0.3 is 18.9 Å². The molecule has 2 atom stereocenters. The van der Waals surface area contributed by atoms with Crippen molar-refractivity contribution in [1.29, 1.82) is 0 Å². The molecular weight excluding hydrogens is 545 g/mol. The molecule has 0 rings (SSSR count). The molecule has 0 saturated heterocycles. The van der Waals surface area contributed by atoms with Gasteiger partial charge in [-0.05, 0) is 44.9 Å². The van der Waals surface area contributed by atoms with E-state index in [-0.39, 0.29) is 26.1 Å². The minimum atomic E-state index is -4.34. The van der Waals surface area contributed by atoms with E-state index < -0.39 is 32.5 Å². The monoisotopic (exact) mass is 604 g/mol. The minimum Gasteiger partial charge on any atom is -0.462 e. The molecule has 0 spiro atoms. The lowest BCUT2D eigenvalue weighted by atomic mass is 10.1. The van der Waals surface area contributed by atoms with Crippen molar-refractivity contribution in [2.75, 3.05) is 47.5 Å². The molecule has 0 aromatic rings. The van der Waals surface area contributed by atoms with Crippen molar-refractivity contribution in [3.8, 4) is 0 Å². The maximum atomic E-state index is 12.4. The van der Waals surface area contributed by atoms with Crippen molar-refractivity contribution in [3.05, 3.63) is 24.3 Å². The topological polar surface area (TPSA) is 108 Å². The Bertz CT molecular complexity index is 779. The van der Waals surface area contributed by atoms with Crippen molar-refractivity contribution in [1.82, 2.24) is 0 Å². The van der Waals surface area contributed by atoms with E-state index in [4.69, 9.17) is 18.5 Å². The van der Waals surface area contributed by atoms with Crippen LogP contribution in [0.1, 0.15) is 110 Å². The van der Waals surface area contributed by atoms with Gasteiger partial charge in [-0.1, -0.05) is 76.7 Å². The molecule has 0 aliphatic rings. The second-order valence-corrected chi connectivity index (χ2v) is 12.9. The number of nitrogens with zero attached hydrogens (tertiary/aromatic N) is 1. The molecule has 0 aliphatic heterocycles. The number of allylic oxidation sites excluding steroid dienone is 4. The summed E-state index contributed by atoms with van der Waals surface area (Å²) in [6.07, 6.45) is 22.4. The van der Waals surface area contributed by atoms with Crippen molar-refractivity contribution >= 4 is 19.8 Å². The van der Waals surface area contributed by atoms with E-state index >= 15 is 0 Å². The highest BCUT2D eigenvalue weighted by Crippen LogP contribution is 2.43. The second kappa shape index (κ2) is 25.0. The van der Waals surface area contributed by atoms with Gasteiger partial charge in [0.2, 0.25) is 0 Å². The van der Waals surface area contributed by atoms with Gasteiger partial charge in [-0.15, -0.1) is 0 Å². The number of carbonyl (C=O) groups is 2. The number of phosphoric ester groups is 1. The predicted octanol–water partition coefficient (Wildman–Crippen LogP) is 7.28. The third-order valence-corrected chi connectivity index (χ3v) is 7.19. The molecule has 0 aromatic heterocycles. The lowest BCUT2D eigenvalue weighted by molar-refractivity contribution is -0.870. The van der Waals surface area contributed by atoms with E-state index in [1.165, 1.54) is 32.1 Å². The van der Waals surface area contributed by atoms with Crippen LogP contribution in [-0.2, 0) is 32.7 Å². The summed E-state index contributed by atoms with van der Waals surface area (Å²) in [5.74, 6) is -0.880. The van der Waals surface area contributed by atoms with Gasteiger partial charge in [-0.3, -0.25) is 18.6 Å². The van der Waals surface area contributed by atoms with Crippen LogP contribution in [0, 0.1) is 0 Å². The molecule has 0 amide bonds. The molecule has 0 bridgehead atoms. The molecule has 41 heavy (non-hydrogen) atoms. The van der Waals surface area contributed by atoms with Crippen molar-refractivity contribution in [2.24, 2.45) is 0 Å². The summed E-state index contributed by atoms with van der Waals surface area (Å²) in [7, 11) is 1.46. The van der Waals surface area contributed by atoms with E-state index in [1.807, 2.05) is 28.1 Å². The van der Waals surface area contributed by atoms with Crippen LogP contribution in [-0.4, -0.2) is 74.9 Å². The van der Waals surface area contributed by atoms with Crippen molar-refractivity contribution in [3.63, 3.8) is 0 Å². The summed E-state index contributed by atoms with van der Waals surface area (Å²) in [5, 5.41) is 0. The molecule has 10 heteroatoms. The zero-order valence-corrected chi connectivity index (χ0v) is 27.4. The highest BCUT2D eigenvalue weighted by molar-refractivity contribution is 7.47. The van der Waals surface area contributed by atoms with E-state index in [0.717, 1.165) is 38.5 Å². The number of unbranched alkanes of at least 4 members (excludes halogenated alkanes) is 9. The number of phosphoric acid groups is 1. The maximum absolute atomic E-state index is 12.4. The molecule has 0 aliphatic carbocycles. The first kappa shape index (κ1) is 39.5. The summed E-state index contributed by atoms with van der Waals surface area (Å²) >= 11 is 0. The van der Waals surface area contributed by atoms with Crippen LogP contribution >= 0.6 is 7.82 Å². The van der Waals surface area contributed by atoms with Gasteiger partial charge in [0.1, 0.15) is 19.8 Å². The fourth-order valence-electron chi connectivity index (χ4n) is 3.73. The molecule has 1 N–H and O–H groups in total. The zero-order chi connectivity index (χ0) is 30.8. The van der Waals surface area contributed by atoms with Crippen LogP contribution in [0.25, 0.3) is 0 Å². The van der Waals surface area contributed by atoms with Crippen LogP contribution in [0.4, 0.5) is 0 Å². The number of likely N-dealkylation sites (N-methyl/N-ethyl adjacent to an activating group) is 1. The number of hydrogen-bond donors (Lipinski definition) is 1. The van der Waals surface area contributed by atoms with Crippen LogP contribution in [0.5, 0.6) is 0 Å². The summed E-state index contributed by atoms with van der Waals surface area (Å²) in [6, 6.07) is 0. The van der Waals surface area contributed by atoms with Gasteiger partial charge in [-0.25, -0.2) is 4.57 Å². The van der Waals surface area contributed by atoms with Crippen LogP contribution in [0.15, 0.2) is 24.3 Å². The SMILES string of the molecule is CCCCCC/C=C\C/C=C\CCCCCCCC(=O)OC(COC(=O)CCC)COP(=O)(O)OCC[N+](C)(C)C. The largest absolute Gasteiger partial charge is 0.472 e. The van der Waals surface area contributed by atoms with Gasteiger partial charge in [0.15, 0.2) is 6.10 Å². The van der Waals surface area contributed by atoms with Crippen molar-refractivity contribution < 1.29 is 42.1 Å². The van der Waals surface area contributed by atoms with E-state index in [9.17, 15) is 19.0 Å². The smallest absolute Gasteiger partial charge is 0.462 e. The Morgan fingerprint density at radius 1 is 0.756 bits per heavy atom. The number of rotatable bonds is 27. The molecular formula is C31H59NO8P+. The van der Waals surface area contributed by atoms with Gasteiger partial charge in [-0.2, -0.15) is 0 Å². The Balaban J connectivity index is 4.23. The molecule has 0 aromatic carbocycles. The predicted molar refractivity (Wildman–Crippen MR) is 164 cm³/mol. The number of carbonyl (C=O) groups excluding carboxylic acids is 2. The average Bonchev–Trinajstić information content (AvgIpc) is 2.89. The number of ether oxygens (including phenoxy) is 2. The fraction of sp³-hybridized carbons (Fsp3) is 0.806. The zero-order valence-electron chi connectivity index (χ0n) is 26.5. The molecule has 0 radical (unpaired) electrons. The first-order chi connectivity index (χ1) is 19.5. The minimum absolute atomic E-state index is 0.0279. The Morgan fingerprint density at radius 3 is 1.98 bits per heavy atom. The number of quaternary nitrogens is 1. The average molecular weight is 605 g/mol. The molecule has 240 valence electrons. The van der Waals surface area contributed by atoms with E-state index in [1.54, 1.807) is 0 Å². The molecule has 0 fully saturated rings. The van der Waals surface area contributed by atoms with Crippen molar-refractivity contribution in [2.45, 2.75) is 116 Å². The summed E-state index contributed by atoms with van der Waals surface area (Å²) < 4.78 is 33.4. The Morgan fingerprint density at radius 2 is 1.37 bits per heavy atom. The third kappa shape index (κ3) is 28.4. The van der Waals surface area contributed by atoms with Crippen LogP contribution < -0.4 is 0 Å². The molecule has 0 heterocycles. The first-order valence-electron chi connectivity index (χ1n) is 15.6. The number of hydrogen-bond acceptors (Lipinski definition) is 7. The van der Waals surface area contributed by atoms with Gasteiger partial charge in [0.05, 0.1) is 27.7 Å². The Kier molecular flexibility index (Phi) is 24.1. The molecule has 0 saturated carbocycles.